The molecule has 0 aromatic heterocycles. The molecule has 1 unspecified atom stereocenters. The Balaban J connectivity index is 2.47. The van der Waals surface area contributed by atoms with E-state index in [1.165, 1.54) is 0 Å². The molecule has 1 heterocycles. The Labute approximate surface area is 91.0 Å². The fraction of sp³-hybridized carbons (Fsp3) is 0.818. The van der Waals surface area contributed by atoms with Crippen molar-refractivity contribution in [3.8, 4) is 0 Å². The molecule has 1 N–H and O–H groups in total. The summed E-state index contributed by atoms with van der Waals surface area (Å²) in [5.41, 5.74) is -0.361. The van der Waals surface area contributed by atoms with E-state index in [2.05, 4.69) is 5.32 Å². The van der Waals surface area contributed by atoms with Crippen molar-refractivity contribution < 1.29 is 9.59 Å². The van der Waals surface area contributed by atoms with Crippen LogP contribution in [0.4, 0.5) is 0 Å². The second kappa shape index (κ2) is 4.21. The van der Waals surface area contributed by atoms with Gasteiger partial charge in [-0.25, -0.2) is 0 Å². The standard InChI is InChI=1S/C11H20N2O2/c1-11(2,3)10(15)12-8-5-6-9(14)13(4)7-8/h8H,5-7H2,1-4H3,(H,12,15). The van der Waals surface area contributed by atoms with Crippen LogP contribution in [0, 0.1) is 5.41 Å². The second-order valence-electron chi connectivity index (χ2n) is 5.23. The van der Waals surface area contributed by atoms with Crippen LogP contribution in [0.2, 0.25) is 0 Å². The molecule has 4 nitrogen and oxygen atoms in total. The number of nitrogens with one attached hydrogen (secondary N) is 1. The minimum atomic E-state index is -0.361. The SMILES string of the molecule is CN1CC(NC(=O)C(C)(C)C)CCC1=O. The van der Waals surface area contributed by atoms with Crippen molar-refractivity contribution in [2.75, 3.05) is 13.6 Å². The minimum absolute atomic E-state index is 0.0512. The summed E-state index contributed by atoms with van der Waals surface area (Å²) >= 11 is 0. The van der Waals surface area contributed by atoms with Gasteiger partial charge < -0.3 is 10.2 Å². The first-order valence-corrected chi connectivity index (χ1v) is 5.35. The smallest absolute Gasteiger partial charge is 0.225 e. The molecule has 1 fully saturated rings. The van der Waals surface area contributed by atoms with Crippen LogP contribution in [0.15, 0.2) is 0 Å². The topological polar surface area (TPSA) is 49.4 Å². The number of rotatable bonds is 1. The summed E-state index contributed by atoms with van der Waals surface area (Å²) in [6, 6.07) is 0.111. The van der Waals surface area contributed by atoms with Gasteiger partial charge >= 0.3 is 0 Å². The predicted molar refractivity (Wildman–Crippen MR) is 58.3 cm³/mol. The van der Waals surface area contributed by atoms with E-state index < -0.39 is 0 Å². The Hall–Kier alpha value is -1.06. The molecule has 0 aromatic carbocycles. The van der Waals surface area contributed by atoms with E-state index in [1.807, 2.05) is 20.8 Å². The fourth-order valence-corrected chi connectivity index (χ4v) is 1.53. The van der Waals surface area contributed by atoms with E-state index in [1.54, 1.807) is 11.9 Å². The first-order chi connectivity index (χ1) is 6.80. The number of likely N-dealkylation sites (N-methyl/N-ethyl adjacent to an activating group) is 1. The molecule has 0 bridgehead atoms. The van der Waals surface area contributed by atoms with E-state index in [9.17, 15) is 9.59 Å². The summed E-state index contributed by atoms with van der Waals surface area (Å²) in [5.74, 6) is 0.214. The molecule has 1 aliphatic heterocycles. The van der Waals surface area contributed by atoms with Gasteiger partial charge in [-0.15, -0.1) is 0 Å². The van der Waals surface area contributed by atoms with Gasteiger partial charge in [0.15, 0.2) is 0 Å². The third kappa shape index (κ3) is 3.22. The van der Waals surface area contributed by atoms with Gasteiger partial charge in [0, 0.05) is 31.5 Å². The summed E-state index contributed by atoms with van der Waals surface area (Å²) in [4.78, 5) is 24.6. The molecule has 1 saturated heterocycles. The number of carbonyl (C=O) groups is 2. The van der Waals surface area contributed by atoms with Gasteiger partial charge in [-0.05, 0) is 6.42 Å². The molecule has 1 rings (SSSR count). The van der Waals surface area contributed by atoms with Crippen LogP contribution in [0.1, 0.15) is 33.6 Å². The molecule has 1 atom stereocenters. The highest BCUT2D eigenvalue weighted by Crippen LogP contribution is 2.15. The van der Waals surface area contributed by atoms with Crippen LogP contribution >= 0.6 is 0 Å². The monoisotopic (exact) mass is 212 g/mol. The number of carbonyl (C=O) groups excluding carboxylic acids is 2. The van der Waals surface area contributed by atoms with Crippen LogP contribution in [0.5, 0.6) is 0 Å². The van der Waals surface area contributed by atoms with Gasteiger partial charge in [0.05, 0.1) is 0 Å². The quantitative estimate of drug-likeness (QED) is 0.698. The summed E-state index contributed by atoms with van der Waals surface area (Å²) in [5, 5.41) is 2.98. The number of hydrogen-bond acceptors (Lipinski definition) is 2. The van der Waals surface area contributed by atoms with Crippen LogP contribution < -0.4 is 5.32 Å². The largest absolute Gasteiger partial charge is 0.351 e. The van der Waals surface area contributed by atoms with Gasteiger partial charge in [0.2, 0.25) is 11.8 Å². The molecule has 2 amide bonds. The lowest BCUT2D eigenvalue weighted by Crippen LogP contribution is -2.50. The molecule has 0 aliphatic carbocycles. The van der Waals surface area contributed by atoms with E-state index >= 15 is 0 Å². The van der Waals surface area contributed by atoms with Gasteiger partial charge in [0.25, 0.3) is 0 Å². The van der Waals surface area contributed by atoms with Crippen LogP contribution in [-0.2, 0) is 9.59 Å². The second-order valence-corrected chi connectivity index (χ2v) is 5.23. The number of piperidine rings is 1. The van der Waals surface area contributed by atoms with Crippen molar-refractivity contribution in [1.82, 2.24) is 10.2 Å². The molecular weight excluding hydrogens is 192 g/mol. The van der Waals surface area contributed by atoms with Crippen LogP contribution in [-0.4, -0.2) is 36.3 Å². The average molecular weight is 212 g/mol. The molecule has 0 spiro atoms. The molecule has 1 aliphatic rings. The highest BCUT2D eigenvalue weighted by atomic mass is 16.2. The maximum absolute atomic E-state index is 11.7. The summed E-state index contributed by atoms with van der Waals surface area (Å²) in [7, 11) is 1.78. The number of hydrogen-bond donors (Lipinski definition) is 1. The maximum atomic E-state index is 11.7. The zero-order chi connectivity index (χ0) is 11.6. The Morgan fingerprint density at radius 3 is 2.53 bits per heavy atom. The van der Waals surface area contributed by atoms with E-state index in [4.69, 9.17) is 0 Å². The Bertz CT molecular complexity index is 268. The number of nitrogens with zero attached hydrogens (tertiary/aromatic N) is 1. The zero-order valence-corrected chi connectivity index (χ0v) is 9.96. The molecule has 15 heavy (non-hydrogen) atoms. The lowest BCUT2D eigenvalue weighted by Gasteiger charge is -2.32. The Morgan fingerprint density at radius 2 is 2.07 bits per heavy atom. The first kappa shape index (κ1) is 12.0. The van der Waals surface area contributed by atoms with E-state index in [0.717, 1.165) is 6.42 Å². The van der Waals surface area contributed by atoms with Gasteiger partial charge in [-0.2, -0.15) is 0 Å². The molecule has 86 valence electrons. The summed E-state index contributed by atoms with van der Waals surface area (Å²) < 4.78 is 0. The third-order valence-corrected chi connectivity index (χ3v) is 2.64. The average Bonchev–Trinajstić information content (AvgIpc) is 2.10. The number of amides is 2. The lowest BCUT2D eigenvalue weighted by molar-refractivity contribution is -0.135. The van der Waals surface area contributed by atoms with Crippen molar-refractivity contribution >= 4 is 11.8 Å². The van der Waals surface area contributed by atoms with Crippen molar-refractivity contribution in [2.24, 2.45) is 5.41 Å². The van der Waals surface area contributed by atoms with Gasteiger partial charge in [0.1, 0.15) is 0 Å². The fourth-order valence-electron chi connectivity index (χ4n) is 1.53. The maximum Gasteiger partial charge on any atom is 0.225 e. The Morgan fingerprint density at radius 1 is 1.47 bits per heavy atom. The lowest BCUT2D eigenvalue weighted by atomic mass is 9.94. The van der Waals surface area contributed by atoms with Gasteiger partial charge in [-0.1, -0.05) is 20.8 Å². The predicted octanol–water partition coefficient (Wildman–Crippen LogP) is 0.769. The van der Waals surface area contributed by atoms with E-state index in [-0.39, 0.29) is 23.3 Å². The number of likely N-dealkylation sites (tertiary alicyclic amines) is 1. The molecule has 0 aromatic rings. The molecule has 0 saturated carbocycles. The highest BCUT2D eigenvalue weighted by molar-refractivity contribution is 5.82. The van der Waals surface area contributed by atoms with Crippen molar-refractivity contribution in [2.45, 2.75) is 39.7 Å². The minimum Gasteiger partial charge on any atom is -0.351 e. The summed E-state index contributed by atoms with van der Waals surface area (Å²) in [6.45, 7) is 6.29. The van der Waals surface area contributed by atoms with E-state index in [0.29, 0.717) is 13.0 Å². The molecule has 4 heteroatoms. The molecular formula is C11H20N2O2. The van der Waals surface area contributed by atoms with Crippen molar-refractivity contribution in [3.05, 3.63) is 0 Å². The first-order valence-electron chi connectivity index (χ1n) is 5.35. The molecule has 0 radical (unpaired) electrons. The van der Waals surface area contributed by atoms with Crippen molar-refractivity contribution in [3.63, 3.8) is 0 Å². The van der Waals surface area contributed by atoms with Gasteiger partial charge in [-0.3, -0.25) is 9.59 Å². The van der Waals surface area contributed by atoms with Crippen LogP contribution in [0.25, 0.3) is 0 Å². The van der Waals surface area contributed by atoms with Crippen LogP contribution in [0.3, 0.4) is 0 Å². The Kier molecular flexibility index (Phi) is 3.37. The third-order valence-electron chi connectivity index (χ3n) is 2.64. The zero-order valence-electron chi connectivity index (χ0n) is 9.96. The summed E-state index contributed by atoms with van der Waals surface area (Å²) in [6.07, 6.45) is 1.29. The normalized spacial score (nSPS) is 22.8. The van der Waals surface area contributed by atoms with Crippen molar-refractivity contribution in [1.29, 1.82) is 0 Å². The highest BCUT2D eigenvalue weighted by Gasteiger charge is 2.28.